The van der Waals surface area contributed by atoms with Crippen LogP contribution in [0.15, 0.2) is 91.0 Å². The summed E-state index contributed by atoms with van der Waals surface area (Å²) in [6, 6.07) is 33.5. The molecule has 0 radical (unpaired) electrons. The molecule has 0 saturated carbocycles. The summed E-state index contributed by atoms with van der Waals surface area (Å²) in [6.07, 6.45) is 0.963. The summed E-state index contributed by atoms with van der Waals surface area (Å²) in [4.78, 5) is 0. The predicted octanol–water partition coefficient (Wildman–Crippen LogP) is 7.64. The molecule has 0 unspecified atom stereocenters. The smallest absolute Gasteiger partial charge is 0.00168 e. The van der Waals surface area contributed by atoms with Gasteiger partial charge in [-0.3, -0.25) is 0 Å². The maximum Gasteiger partial charge on any atom is -0.00168 e. The van der Waals surface area contributed by atoms with Gasteiger partial charge in [-0.15, -0.1) is 0 Å². The van der Waals surface area contributed by atoms with Gasteiger partial charge in [0.1, 0.15) is 0 Å². The molecule has 0 aromatic heterocycles. The lowest BCUT2D eigenvalue weighted by Gasteiger charge is -2.17. The van der Waals surface area contributed by atoms with Crippen LogP contribution in [0, 0.1) is 6.92 Å². The van der Waals surface area contributed by atoms with Crippen molar-refractivity contribution in [3.63, 3.8) is 0 Å². The maximum atomic E-state index is 2.33. The van der Waals surface area contributed by atoms with Crippen molar-refractivity contribution in [3.05, 3.63) is 108 Å². The van der Waals surface area contributed by atoms with Gasteiger partial charge in [0.25, 0.3) is 0 Å². The Labute approximate surface area is 164 Å². The first-order valence-corrected chi connectivity index (χ1v) is 9.93. The van der Waals surface area contributed by atoms with Crippen LogP contribution >= 0.6 is 0 Å². The van der Waals surface area contributed by atoms with Gasteiger partial charge in [0, 0.05) is 0 Å². The zero-order valence-corrected chi connectivity index (χ0v) is 15.9. The van der Waals surface area contributed by atoms with E-state index in [2.05, 4.69) is 97.9 Å². The van der Waals surface area contributed by atoms with Crippen molar-refractivity contribution in [2.75, 3.05) is 0 Å². The van der Waals surface area contributed by atoms with Gasteiger partial charge in [-0.25, -0.2) is 0 Å². The quantitative estimate of drug-likeness (QED) is 0.221. The van der Waals surface area contributed by atoms with Gasteiger partial charge in [0.05, 0.1) is 0 Å². The van der Waals surface area contributed by atoms with Gasteiger partial charge < -0.3 is 0 Å². The van der Waals surface area contributed by atoms with Crippen LogP contribution in [0.2, 0.25) is 0 Å². The Kier molecular flexibility index (Phi) is 3.25. The molecule has 0 nitrogen and oxygen atoms in total. The first kappa shape index (κ1) is 15.7. The summed E-state index contributed by atoms with van der Waals surface area (Å²) in [5.74, 6) is 0. The summed E-state index contributed by atoms with van der Waals surface area (Å²) in [5.41, 5.74) is 4.18. The second-order valence-corrected chi connectivity index (χ2v) is 7.82. The maximum absolute atomic E-state index is 2.33. The summed E-state index contributed by atoms with van der Waals surface area (Å²) >= 11 is 0. The van der Waals surface area contributed by atoms with Crippen LogP contribution in [-0.2, 0) is 6.42 Å². The molecular formula is C28H20. The molecule has 0 spiro atoms. The largest absolute Gasteiger partial charge is 0.0620 e. The average Bonchev–Trinajstić information content (AvgIpc) is 2.74. The molecule has 6 rings (SSSR count). The van der Waals surface area contributed by atoms with Gasteiger partial charge in [0.15, 0.2) is 0 Å². The van der Waals surface area contributed by atoms with Crippen LogP contribution in [0.4, 0.5) is 0 Å². The molecule has 0 heteroatoms. The topological polar surface area (TPSA) is 0 Å². The van der Waals surface area contributed by atoms with Crippen molar-refractivity contribution in [1.29, 1.82) is 0 Å². The van der Waals surface area contributed by atoms with E-state index in [9.17, 15) is 0 Å². The highest BCUT2D eigenvalue weighted by Crippen LogP contribution is 2.41. The van der Waals surface area contributed by atoms with Crippen molar-refractivity contribution in [2.24, 2.45) is 0 Å². The fourth-order valence-corrected chi connectivity index (χ4v) is 4.89. The Morgan fingerprint density at radius 1 is 0.464 bits per heavy atom. The van der Waals surface area contributed by atoms with Gasteiger partial charge >= 0.3 is 0 Å². The minimum atomic E-state index is 0.963. The molecule has 0 fully saturated rings. The van der Waals surface area contributed by atoms with Crippen LogP contribution < -0.4 is 0 Å². The van der Waals surface area contributed by atoms with Gasteiger partial charge in [-0.1, -0.05) is 91.0 Å². The van der Waals surface area contributed by atoms with E-state index in [1.807, 2.05) is 0 Å². The zero-order chi connectivity index (χ0) is 18.7. The molecule has 0 aliphatic rings. The highest BCUT2D eigenvalue weighted by molar-refractivity contribution is 6.33. The van der Waals surface area contributed by atoms with E-state index >= 15 is 0 Å². The Hall–Kier alpha value is -3.38. The Balaban J connectivity index is 1.82. The molecule has 0 aliphatic carbocycles. The van der Waals surface area contributed by atoms with Gasteiger partial charge in [0.2, 0.25) is 0 Å². The average molecular weight is 356 g/mol. The minimum Gasteiger partial charge on any atom is -0.0620 e. The van der Waals surface area contributed by atoms with Crippen LogP contribution in [0.5, 0.6) is 0 Å². The predicted molar refractivity (Wildman–Crippen MR) is 122 cm³/mol. The minimum absolute atomic E-state index is 0.963. The number of hydrogen-bond donors (Lipinski definition) is 0. The van der Waals surface area contributed by atoms with E-state index in [-0.39, 0.29) is 0 Å². The SMILES string of the molecule is Cc1ccccc1Cc1ccc2cccc3c4cccc5cccc(c1c23)c54. The van der Waals surface area contributed by atoms with Crippen LogP contribution in [0.1, 0.15) is 16.7 Å². The Morgan fingerprint density at radius 3 is 1.86 bits per heavy atom. The highest BCUT2D eigenvalue weighted by Gasteiger charge is 2.15. The lowest BCUT2D eigenvalue weighted by atomic mass is 9.86. The Morgan fingerprint density at radius 2 is 1.11 bits per heavy atom. The normalized spacial score (nSPS) is 11.9. The molecule has 0 saturated heterocycles. The second-order valence-electron chi connectivity index (χ2n) is 7.82. The fraction of sp³-hybridized carbons (Fsp3) is 0.0714. The Bertz CT molecular complexity index is 1480. The third kappa shape index (κ3) is 2.12. The lowest BCUT2D eigenvalue weighted by molar-refractivity contribution is 1.17. The van der Waals surface area contributed by atoms with Crippen LogP contribution in [0.3, 0.4) is 0 Å². The number of rotatable bonds is 2. The molecule has 0 atom stereocenters. The van der Waals surface area contributed by atoms with E-state index in [4.69, 9.17) is 0 Å². The zero-order valence-electron chi connectivity index (χ0n) is 15.9. The summed E-state index contributed by atoms with van der Waals surface area (Å²) < 4.78 is 0. The van der Waals surface area contributed by atoms with Crippen molar-refractivity contribution in [3.8, 4) is 0 Å². The third-order valence-electron chi connectivity index (χ3n) is 6.24. The second kappa shape index (κ2) is 5.81. The van der Waals surface area contributed by atoms with E-state index in [0.717, 1.165) is 6.42 Å². The van der Waals surface area contributed by atoms with E-state index in [1.165, 1.54) is 59.8 Å². The molecular weight excluding hydrogens is 336 g/mol. The van der Waals surface area contributed by atoms with E-state index in [0.29, 0.717) is 0 Å². The fourth-order valence-electron chi connectivity index (χ4n) is 4.89. The molecule has 0 N–H and O–H groups in total. The van der Waals surface area contributed by atoms with E-state index < -0.39 is 0 Å². The summed E-state index contributed by atoms with van der Waals surface area (Å²) in [7, 11) is 0. The highest BCUT2D eigenvalue weighted by atomic mass is 14.2. The molecule has 132 valence electrons. The van der Waals surface area contributed by atoms with Gasteiger partial charge in [-0.2, -0.15) is 0 Å². The van der Waals surface area contributed by atoms with Gasteiger partial charge in [-0.05, 0) is 73.1 Å². The number of hydrogen-bond acceptors (Lipinski definition) is 0. The summed E-state index contributed by atoms with van der Waals surface area (Å²) in [6.45, 7) is 2.21. The molecule has 6 aromatic carbocycles. The molecule has 0 aliphatic heterocycles. The van der Waals surface area contributed by atoms with Crippen LogP contribution in [-0.4, -0.2) is 0 Å². The lowest BCUT2D eigenvalue weighted by Crippen LogP contribution is -1.95. The first-order valence-electron chi connectivity index (χ1n) is 9.93. The van der Waals surface area contributed by atoms with E-state index in [1.54, 1.807) is 0 Å². The monoisotopic (exact) mass is 356 g/mol. The molecule has 0 bridgehead atoms. The molecule has 0 heterocycles. The van der Waals surface area contributed by atoms with Crippen molar-refractivity contribution >= 4 is 43.1 Å². The van der Waals surface area contributed by atoms with Crippen molar-refractivity contribution in [1.82, 2.24) is 0 Å². The van der Waals surface area contributed by atoms with Crippen LogP contribution in [0.25, 0.3) is 43.1 Å². The standard InChI is InChI=1S/C28H20/c1-18-7-2-3-8-21(18)17-22-16-15-20-11-5-13-24-23-12-4-9-19-10-6-14-25(26(19)23)28(22)27(20)24/h2-16H,17H2,1H3. The molecule has 6 aromatic rings. The summed E-state index contributed by atoms with van der Waals surface area (Å²) in [5, 5.41) is 11.0. The molecule has 28 heavy (non-hydrogen) atoms. The number of fused-ring (bicyclic) bond motifs is 2. The molecule has 0 amide bonds. The first-order chi connectivity index (χ1) is 13.8. The number of benzene rings is 6. The van der Waals surface area contributed by atoms with Crippen molar-refractivity contribution < 1.29 is 0 Å². The van der Waals surface area contributed by atoms with Crippen molar-refractivity contribution in [2.45, 2.75) is 13.3 Å². The third-order valence-corrected chi connectivity index (χ3v) is 6.24. The number of aryl methyl sites for hydroxylation is 1.